The van der Waals surface area contributed by atoms with Crippen molar-refractivity contribution in [2.75, 3.05) is 0 Å². The lowest BCUT2D eigenvalue weighted by atomic mass is 10.1. The molecule has 0 atom stereocenters. The summed E-state index contributed by atoms with van der Waals surface area (Å²) in [4.78, 5) is 12.4. The van der Waals surface area contributed by atoms with E-state index in [9.17, 15) is 26.3 Å². The van der Waals surface area contributed by atoms with E-state index < -0.39 is 23.5 Å². The first-order valence-electron chi connectivity index (χ1n) is 8.32. The normalized spacial score (nSPS) is 12.3. The lowest BCUT2D eigenvalue weighted by molar-refractivity contribution is -0.138. The number of alkyl halides is 6. The molecule has 30 heavy (non-hydrogen) atoms. The van der Waals surface area contributed by atoms with Crippen molar-refractivity contribution in [3.8, 4) is 27.8 Å². The quantitative estimate of drug-likeness (QED) is 0.362. The number of hydrogen-bond acceptors (Lipinski definition) is 4. The number of imidazole rings is 1. The first-order valence-corrected chi connectivity index (χ1v) is 9.20. The van der Waals surface area contributed by atoms with E-state index in [0.717, 1.165) is 36.4 Å². The lowest BCUT2D eigenvalue weighted by Gasteiger charge is -2.13. The van der Waals surface area contributed by atoms with Crippen molar-refractivity contribution in [3.63, 3.8) is 0 Å². The van der Waals surface area contributed by atoms with Gasteiger partial charge >= 0.3 is 12.4 Å². The van der Waals surface area contributed by atoms with Gasteiger partial charge < -0.3 is 0 Å². The van der Waals surface area contributed by atoms with Gasteiger partial charge in [-0.2, -0.15) is 26.3 Å². The van der Waals surface area contributed by atoms with Crippen LogP contribution in [0.25, 0.3) is 27.8 Å². The predicted molar refractivity (Wildman–Crippen MR) is 97.9 cm³/mol. The number of benzene rings is 1. The second-order valence-electron chi connectivity index (χ2n) is 6.18. The maximum absolute atomic E-state index is 13.4. The van der Waals surface area contributed by atoms with Gasteiger partial charge in [0.1, 0.15) is 22.8 Å². The molecule has 11 heteroatoms. The Labute approximate surface area is 169 Å². The van der Waals surface area contributed by atoms with Crippen molar-refractivity contribution in [1.82, 2.24) is 19.5 Å². The second-order valence-corrected chi connectivity index (χ2v) is 7.07. The van der Waals surface area contributed by atoms with Crippen molar-refractivity contribution in [2.24, 2.45) is 0 Å². The highest BCUT2D eigenvalue weighted by Crippen LogP contribution is 2.35. The van der Waals surface area contributed by atoms with Crippen molar-refractivity contribution in [1.29, 1.82) is 0 Å². The fourth-order valence-electron chi connectivity index (χ4n) is 2.70. The van der Waals surface area contributed by atoms with Gasteiger partial charge in [-0.1, -0.05) is 12.1 Å². The molecular formula is C19H10F6N4S. The zero-order valence-corrected chi connectivity index (χ0v) is 15.6. The maximum Gasteiger partial charge on any atom is 0.416 e. The van der Waals surface area contributed by atoms with E-state index >= 15 is 0 Å². The summed E-state index contributed by atoms with van der Waals surface area (Å²) in [6.45, 7) is 0. The number of pyridine rings is 1. The molecule has 3 heterocycles. The Morgan fingerprint density at radius 2 is 1.50 bits per heavy atom. The van der Waals surface area contributed by atoms with Crippen LogP contribution in [0.2, 0.25) is 0 Å². The van der Waals surface area contributed by atoms with E-state index in [0.29, 0.717) is 10.7 Å². The van der Waals surface area contributed by atoms with Crippen LogP contribution < -0.4 is 0 Å². The smallest absolute Gasteiger partial charge is 0.290 e. The van der Waals surface area contributed by atoms with Crippen LogP contribution >= 0.6 is 11.3 Å². The fourth-order valence-corrected chi connectivity index (χ4v) is 3.30. The average Bonchev–Trinajstić information content (AvgIpc) is 3.38. The average molecular weight is 440 g/mol. The summed E-state index contributed by atoms with van der Waals surface area (Å²) in [5.74, 6) is -0.0740. The van der Waals surface area contributed by atoms with E-state index in [1.165, 1.54) is 28.4 Å². The van der Waals surface area contributed by atoms with Gasteiger partial charge in [0.05, 0.1) is 16.8 Å². The molecule has 154 valence electrons. The molecule has 0 N–H and O–H groups in total. The monoisotopic (exact) mass is 440 g/mol. The maximum atomic E-state index is 13.4. The fraction of sp³-hybridized carbons (Fsp3) is 0.105. The number of thiazole rings is 1. The molecule has 0 bridgehead atoms. The molecule has 0 fully saturated rings. The number of aromatic nitrogens is 4. The molecule has 4 nitrogen and oxygen atoms in total. The van der Waals surface area contributed by atoms with Crippen LogP contribution in [-0.2, 0) is 12.4 Å². The molecule has 0 aliphatic carbocycles. The van der Waals surface area contributed by atoms with Crippen molar-refractivity contribution in [3.05, 3.63) is 71.6 Å². The molecule has 0 spiro atoms. The van der Waals surface area contributed by atoms with Gasteiger partial charge in [-0.15, -0.1) is 11.3 Å². The molecule has 0 saturated carbocycles. The zero-order chi connectivity index (χ0) is 21.5. The summed E-state index contributed by atoms with van der Waals surface area (Å²) < 4.78 is 79.9. The van der Waals surface area contributed by atoms with Crippen LogP contribution in [0.15, 0.2) is 60.5 Å². The van der Waals surface area contributed by atoms with Gasteiger partial charge in [-0.3, -0.25) is 4.57 Å². The highest BCUT2D eigenvalue weighted by molar-refractivity contribution is 7.13. The highest BCUT2D eigenvalue weighted by atomic mass is 32.1. The lowest BCUT2D eigenvalue weighted by Crippen LogP contribution is -2.08. The zero-order valence-electron chi connectivity index (χ0n) is 14.7. The summed E-state index contributed by atoms with van der Waals surface area (Å²) in [6.07, 6.45) is -4.86. The first-order chi connectivity index (χ1) is 14.1. The van der Waals surface area contributed by atoms with E-state index in [1.54, 1.807) is 11.6 Å². The van der Waals surface area contributed by atoms with Crippen LogP contribution in [0, 0.1) is 0 Å². The number of nitrogens with zero attached hydrogens (tertiary/aromatic N) is 4. The first kappa shape index (κ1) is 20.1. The summed E-state index contributed by atoms with van der Waals surface area (Å²) in [5, 5.41) is 2.32. The molecule has 0 aliphatic heterocycles. The minimum atomic E-state index is -4.67. The molecule has 0 saturated heterocycles. The standard InChI is InChI=1S/C19H10F6N4S/c20-18(21,22)12-3-1-11(2-4-12)14-7-13(19(23,24)25)8-16(28-14)29-9-15(27-10-29)17-26-5-6-30-17/h1-10H. The summed E-state index contributed by atoms with van der Waals surface area (Å²) >= 11 is 1.32. The molecule has 3 aromatic heterocycles. The molecule has 4 aromatic rings. The summed E-state index contributed by atoms with van der Waals surface area (Å²) in [5.41, 5.74) is -1.41. The number of hydrogen-bond donors (Lipinski definition) is 0. The summed E-state index contributed by atoms with van der Waals surface area (Å²) in [6, 6.07) is 5.42. The van der Waals surface area contributed by atoms with E-state index in [2.05, 4.69) is 15.0 Å². The molecule has 0 unspecified atom stereocenters. The Morgan fingerprint density at radius 3 is 2.10 bits per heavy atom. The molecular weight excluding hydrogens is 430 g/mol. The third-order valence-electron chi connectivity index (χ3n) is 4.15. The van der Waals surface area contributed by atoms with E-state index in [-0.39, 0.29) is 17.1 Å². The molecule has 0 aliphatic rings. The largest absolute Gasteiger partial charge is 0.416 e. The Kier molecular flexibility index (Phi) is 4.85. The van der Waals surface area contributed by atoms with E-state index in [1.807, 2.05) is 0 Å². The molecule has 0 amide bonds. The summed E-state index contributed by atoms with van der Waals surface area (Å²) in [7, 11) is 0. The second kappa shape index (κ2) is 7.24. The van der Waals surface area contributed by atoms with Gasteiger partial charge in [0.25, 0.3) is 0 Å². The van der Waals surface area contributed by atoms with Crippen molar-refractivity contribution >= 4 is 11.3 Å². The molecule has 4 rings (SSSR count). The Bertz CT molecular complexity index is 1160. The van der Waals surface area contributed by atoms with Crippen molar-refractivity contribution < 1.29 is 26.3 Å². The Balaban J connectivity index is 1.79. The van der Waals surface area contributed by atoms with Gasteiger partial charge in [0, 0.05) is 23.3 Å². The predicted octanol–water partition coefficient (Wildman–Crippen LogP) is 6.10. The Morgan fingerprint density at radius 1 is 0.800 bits per heavy atom. The number of rotatable bonds is 3. The van der Waals surface area contributed by atoms with E-state index in [4.69, 9.17) is 0 Å². The topological polar surface area (TPSA) is 43.6 Å². The van der Waals surface area contributed by atoms with Gasteiger partial charge in [0.2, 0.25) is 0 Å². The third-order valence-corrected chi connectivity index (χ3v) is 4.94. The van der Waals surface area contributed by atoms with Crippen LogP contribution in [0.1, 0.15) is 11.1 Å². The SMILES string of the molecule is FC(F)(F)c1ccc(-c2cc(C(F)(F)F)cc(-n3cnc(-c4nccs4)c3)n2)cc1. The van der Waals surface area contributed by atoms with Crippen molar-refractivity contribution in [2.45, 2.75) is 12.4 Å². The van der Waals surface area contributed by atoms with Gasteiger partial charge in [-0.25, -0.2) is 15.0 Å². The molecule has 0 radical (unpaired) electrons. The third kappa shape index (κ3) is 4.06. The highest BCUT2D eigenvalue weighted by Gasteiger charge is 2.33. The molecule has 1 aromatic carbocycles. The minimum Gasteiger partial charge on any atom is -0.290 e. The Hall–Kier alpha value is -3.21. The number of halogens is 6. The minimum absolute atomic E-state index is 0.0740. The van der Waals surface area contributed by atoms with Gasteiger partial charge in [-0.05, 0) is 24.3 Å². The van der Waals surface area contributed by atoms with Crippen LogP contribution in [-0.4, -0.2) is 19.5 Å². The van der Waals surface area contributed by atoms with Crippen LogP contribution in [0.4, 0.5) is 26.3 Å². The van der Waals surface area contributed by atoms with Crippen LogP contribution in [0.3, 0.4) is 0 Å². The van der Waals surface area contributed by atoms with Gasteiger partial charge in [0.15, 0.2) is 0 Å². The van der Waals surface area contributed by atoms with Crippen LogP contribution in [0.5, 0.6) is 0 Å².